The Morgan fingerprint density at radius 2 is 1.90 bits per heavy atom. The first-order valence-corrected chi connectivity index (χ1v) is 10.3. The van der Waals surface area contributed by atoms with Crippen LogP contribution < -0.4 is 14.8 Å². The Morgan fingerprint density at radius 3 is 2.57 bits per heavy atom. The predicted molar refractivity (Wildman–Crippen MR) is 114 cm³/mol. The number of pyridine rings is 1. The van der Waals surface area contributed by atoms with Gasteiger partial charge in [0.05, 0.1) is 19.8 Å². The van der Waals surface area contributed by atoms with Crippen LogP contribution in [0.25, 0.3) is 0 Å². The number of rotatable bonds is 8. The zero-order valence-electron chi connectivity index (χ0n) is 17.6. The molecule has 160 valence electrons. The summed E-state index contributed by atoms with van der Waals surface area (Å²) in [6.45, 7) is 2.07. The number of nitrogens with zero attached hydrogens (tertiary/aromatic N) is 2. The first-order valence-electron chi connectivity index (χ1n) is 10.3. The van der Waals surface area contributed by atoms with Crippen molar-refractivity contribution >= 4 is 11.8 Å². The number of piperidine rings is 1. The van der Waals surface area contributed by atoms with Gasteiger partial charge in [-0.05, 0) is 55.0 Å². The maximum Gasteiger partial charge on any atom is 0.255 e. The van der Waals surface area contributed by atoms with Gasteiger partial charge in [-0.2, -0.15) is 0 Å². The zero-order valence-corrected chi connectivity index (χ0v) is 17.6. The molecule has 7 heteroatoms. The van der Waals surface area contributed by atoms with Gasteiger partial charge < -0.3 is 19.7 Å². The zero-order chi connectivity index (χ0) is 21.3. The summed E-state index contributed by atoms with van der Waals surface area (Å²) in [5.41, 5.74) is 1.66. The summed E-state index contributed by atoms with van der Waals surface area (Å²) in [7, 11) is 3.20. The van der Waals surface area contributed by atoms with E-state index in [1.165, 1.54) is 0 Å². The number of hydrogen-bond donors (Lipinski definition) is 1. The van der Waals surface area contributed by atoms with E-state index in [0.717, 1.165) is 18.4 Å². The molecule has 0 saturated carbocycles. The highest BCUT2D eigenvalue weighted by Gasteiger charge is 2.24. The van der Waals surface area contributed by atoms with Crippen molar-refractivity contribution in [2.75, 3.05) is 33.9 Å². The second kappa shape index (κ2) is 10.6. The van der Waals surface area contributed by atoms with Gasteiger partial charge in [-0.25, -0.2) is 0 Å². The van der Waals surface area contributed by atoms with Gasteiger partial charge in [-0.15, -0.1) is 0 Å². The molecule has 1 N–H and O–H groups in total. The molecular formula is C23H29N3O4. The molecule has 2 aromatic rings. The lowest BCUT2D eigenvalue weighted by molar-refractivity contribution is -0.121. The number of aryl methyl sites for hydroxylation is 1. The van der Waals surface area contributed by atoms with Crippen molar-refractivity contribution in [3.05, 3.63) is 53.9 Å². The number of nitrogens with one attached hydrogen (secondary N) is 1. The fourth-order valence-corrected chi connectivity index (χ4v) is 3.65. The van der Waals surface area contributed by atoms with Crippen molar-refractivity contribution < 1.29 is 19.1 Å². The standard InChI is InChI=1S/C23H29N3O4/c1-29-20-7-5-17(14-21(20)30-2)6-8-22(27)25-15-18-9-12-26(13-10-18)23(28)19-4-3-11-24-16-19/h3-5,7,11,14,16,18H,6,8-10,12-13,15H2,1-2H3,(H,25,27). The van der Waals surface area contributed by atoms with Gasteiger partial charge in [-0.3, -0.25) is 14.6 Å². The van der Waals surface area contributed by atoms with E-state index in [-0.39, 0.29) is 11.8 Å². The summed E-state index contributed by atoms with van der Waals surface area (Å²) in [6, 6.07) is 9.27. The molecule has 1 aromatic carbocycles. The fraction of sp³-hybridized carbons (Fsp3) is 0.435. The minimum Gasteiger partial charge on any atom is -0.493 e. The summed E-state index contributed by atoms with van der Waals surface area (Å²) in [4.78, 5) is 30.6. The Balaban J connectivity index is 1.38. The molecule has 0 radical (unpaired) electrons. The Labute approximate surface area is 177 Å². The quantitative estimate of drug-likeness (QED) is 0.722. The van der Waals surface area contributed by atoms with Gasteiger partial charge >= 0.3 is 0 Å². The number of likely N-dealkylation sites (tertiary alicyclic amines) is 1. The van der Waals surface area contributed by atoms with Crippen LogP contribution in [0.1, 0.15) is 35.2 Å². The minimum atomic E-state index is 0.0282. The van der Waals surface area contributed by atoms with Crippen LogP contribution in [0, 0.1) is 5.92 Å². The summed E-state index contributed by atoms with van der Waals surface area (Å²) >= 11 is 0. The van der Waals surface area contributed by atoms with Crippen LogP contribution in [0.2, 0.25) is 0 Å². The largest absolute Gasteiger partial charge is 0.493 e. The highest BCUT2D eigenvalue weighted by atomic mass is 16.5. The molecule has 0 spiro atoms. The molecule has 2 amide bonds. The van der Waals surface area contributed by atoms with Crippen LogP contribution in [-0.2, 0) is 11.2 Å². The number of hydrogen-bond acceptors (Lipinski definition) is 5. The van der Waals surface area contributed by atoms with Crippen molar-refractivity contribution in [2.24, 2.45) is 5.92 Å². The lowest BCUT2D eigenvalue weighted by Gasteiger charge is -2.32. The molecule has 0 unspecified atom stereocenters. The highest BCUT2D eigenvalue weighted by Crippen LogP contribution is 2.28. The van der Waals surface area contributed by atoms with E-state index in [0.29, 0.717) is 55.5 Å². The first kappa shape index (κ1) is 21.6. The summed E-state index contributed by atoms with van der Waals surface area (Å²) in [5.74, 6) is 1.81. The minimum absolute atomic E-state index is 0.0282. The number of aromatic nitrogens is 1. The maximum absolute atomic E-state index is 12.5. The van der Waals surface area contributed by atoms with Crippen molar-refractivity contribution in [1.29, 1.82) is 0 Å². The van der Waals surface area contributed by atoms with Gasteiger partial charge in [-0.1, -0.05) is 6.07 Å². The molecule has 30 heavy (non-hydrogen) atoms. The first-order chi connectivity index (χ1) is 14.6. The van der Waals surface area contributed by atoms with Crippen LogP contribution >= 0.6 is 0 Å². The molecule has 2 heterocycles. The Bertz CT molecular complexity index is 849. The molecule has 1 saturated heterocycles. The van der Waals surface area contributed by atoms with E-state index < -0.39 is 0 Å². The van der Waals surface area contributed by atoms with Crippen molar-refractivity contribution in [3.63, 3.8) is 0 Å². The average molecular weight is 412 g/mol. The smallest absolute Gasteiger partial charge is 0.255 e. The second-order valence-electron chi connectivity index (χ2n) is 7.47. The van der Waals surface area contributed by atoms with Crippen LogP contribution in [0.3, 0.4) is 0 Å². The van der Waals surface area contributed by atoms with Crippen LogP contribution in [-0.4, -0.2) is 55.6 Å². The van der Waals surface area contributed by atoms with Gasteiger partial charge in [0.15, 0.2) is 11.5 Å². The molecule has 7 nitrogen and oxygen atoms in total. The van der Waals surface area contributed by atoms with Crippen LogP contribution in [0.5, 0.6) is 11.5 Å². The fourth-order valence-electron chi connectivity index (χ4n) is 3.65. The summed E-state index contributed by atoms with van der Waals surface area (Å²) in [6.07, 6.45) is 6.12. The second-order valence-corrected chi connectivity index (χ2v) is 7.47. The average Bonchev–Trinajstić information content (AvgIpc) is 2.81. The van der Waals surface area contributed by atoms with E-state index in [9.17, 15) is 9.59 Å². The molecule has 1 aromatic heterocycles. The van der Waals surface area contributed by atoms with Gasteiger partial charge in [0.1, 0.15) is 0 Å². The van der Waals surface area contributed by atoms with Crippen LogP contribution in [0.4, 0.5) is 0 Å². The van der Waals surface area contributed by atoms with E-state index in [1.807, 2.05) is 23.1 Å². The molecule has 1 aliphatic rings. The highest BCUT2D eigenvalue weighted by molar-refractivity contribution is 5.93. The third-order valence-corrected chi connectivity index (χ3v) is 5.49. The Morgan fingerprint density at radius 1 is 1.13 bits per heavy atom. The third-order valence-electron chi connectivity index (χ3n) is 5.49. The van der Waals surface area contributed by atoms with Crippen molar-refractivity contribution in [3.8, 4) is 11.5 Å². The SMILES string of the molecule is COc1ccc(CCC(=O)NCC2CCN(C(=O)c3cccnc3)CC2)cc1OC. The van der Waals surface area contributed by atoms with E-state index >= 15 is 0 Å². The Hall–Kier alpha value is -3.09. The van der Waals surface area contributed by atoms with Gasteiger partial charge in [0.2, 0.25) is 5.91 Å². The maximum atomic E-state index is 12.5. The van der Waals surface area contributed by atoms with E-state index in [2.05, 4.69) is 10.3 Å². The molecule has 1 fully saturated rings. The van der Waals surface area contributed by atoms with E-state index in [4.69, 9.17) is 9.47 Å². The number of methoxy groups -OCH3 is 2. The number of benzene rings is 1. The predicted octanol–water partition coefficient (Wildman–Crippen LogP) is 2.70. The molecule has 0 aliphatic carbocycles. The van der Waals surface area contributed by atoms with Crippen molar-refractivity contribution in [2.45, 2.75) is 25.7 Å². The molecule has 0 bridgehead atoms. The number of carbonyl (C=O) groups is 2. The monoisotopic (exact) mass is 411 g/mol. The number of ether oxygens (including phenoxy) is 2. The van der Waals surface area contributed by atoms with Gasteiger partial charge in [0, 0.05) is 38.4 Å². The molecular weight excluding hydrogens is 382 g/mol. The molecule has 1 aliphatic heterocycles. The normalized spacial score (nSPS) is 14.3. The summed E-state index contributed by atoms with van der Waals surface area (Å²) < 4.78 is 10.5. The Kier molecular flexibility index (Phi) is 7.65. The summed E-state index contributed by atoms with van der Waals surface area (Å²) in [5, 5.41) is 3.04. The van der Waals surface area contributed by atoms with Crippen molar-refractivity contribution in [1.82, 2.24) is 15.2 Å². The third kappa shape index (κ3) is 5.72. The number of carbonyl (C=O) groups excluding carboxylic acids is 2. The lowest BCUT2D eigenvalue weighted by atomic mass is 9.96. The van der Waals surface area contributed by atoms with Gasteiger partial charge in [0.25, 0.3) is 5.91 Å². The van der Waals surface area contributed by atoms with Crippen LogP contribution in [0.15, 0.2) is 42.7 Å². The number of amides is 2. The topological polar surface area (TPSA) is 80.8 Å². The molecule has 3 rings (SSSR count). The lowest BCUT2D eigenvalue weighted by Crippen LogP contribution is -2.41. The molecule has 0 atom stereocenters. The van der Waals surface area contributed by atoms with E-state index in [1.54, 1.807) is 38.7 Å².